The molecule has 0 spiro atoms. The maximum Gasteiger partial charge on any atom is 0.408 e. The zero-order chi connectivity index (χ0) is 18.2. The molecule has 0 unspecified atom stereocenters. The normalized spacial score (nSPS) is 18.2. The van der Waals surface area contributed by atoms with Gasteiger partial charge in [0.05, 0.1) is 13.2 Å². The summed E-state index contributed by atoms with van der Waals surface area (Å²) in [5.74, 6) is -1.51. The molecule has 1 aliphatic rings. The summed E-state index contributed by atoms with van der Waals surface area (Å²) >= 11 is 0. The van der Waals surface area contributed by atoms with E-state index in [0.29, 0.717) is 26.1 Å². The molecule has 24 heavy (non-hydrogen) atoms. The molecule has 0 aromatic heterocycles. The summed E-state index contributed by atoms with van der Waals surface area (Å²) in [5.41, 5.74) is -0.650. The van der Waals surface area contributed by atoms with Crippen LogP contribution in [-0.4, -0.2) is 47.8 Å². The van der Waals surface area contributed by atoms with Gasteiger partial charge in [0.2, 0.25) is 0 Å². The maximum atomic E-state index is 11.7. The first-order chi connectivity index (χ1) is 11.2. The van der Waals surface area contributed by atoms with E-state index in [1.165, 1.54) is 0 Å². The molecule has 7 nitrogen and oxygen atoms in total. The Balaban J connectivity index is 2.29. The molecule has 7 heteroatoms. The summed E-state index contributed by atoms with van der Waals surface area (Å²) in [6.07, 6.45) is 3.74. The molecule has 1 rings (SSSR count). The monoisotopic (exact) mass is 345 g/mol. The van der Waals surface area contributed by atoms with Gasteiger partial charge in [-0.05, 0) is 40.0 Å². The van der Waals surface area contributed by atoms with Gasteiger partial charge in [-0.2, -0.15) is 0 Å². The Labute approximate surface area is 144 Å². The predicted molar refractivity (Wildman–Crippen MR) is 88.8 cm³/mol. The predicted octanol–water partition coefficient (Wildman–Crippen LogP) is 3.07. The van der Waals surface area contributed by atoms with Crippen molar-refractivity contribution in [2.45, 2.75) is 83.6 Å². The van der Waals surface area contributed by atoms with E-state index in [2.05, 4.69) is 5.32 Å². The fraction of sp³-hybridized carbons (Fsp3) is 0.882. The molecule has 1 amide bonds. The second-order valence-electron chi connectivity index (χ2n) is 7.10. The van der Waals surface area contributed by atoms with Crippen LogP contribution < -0.4 is 5.32 Å². The molecule has 0 radical (unpaired) electrons. The average Bonchev–Trinajstić information content (AvgIpc) is 2.93. The molecule has 1 saturated heterocycles. The molecular formula is C17H31NO6. The number of nitrogens with one attached hydrogen (secondary N) is 1. The van der Waals surface area contributed by atoms with Crippen molar-refractivity contribution >= 4 is 12.1 Å². The first-order valence-corrected chi connectivity index (χ1v) is 8.68. The molecule has 1 fully saturated rings. The van der Waals surface area contributed by atoms with E-state index in [9.17, 15) is 14.7 Å². The summed E-state index contributed by atoms with van der Waals surface area (Å²) in [7, 11) is 0. The van der Waals surface area contributed by atoms with E-state index in [4.69, 9.17) is 14.2 Å². The Kier molecular flexibility index (Phi) is 7.96. The topological polar surface area (TPSA) is 94.1 Å². The minimum atomic E-state index is -1.05. The highest BCUT2D eigenvalue weighted by Gasteiger charge is 2.33. The summed E-state index contributed by atoms with van der Waals surface area (Å²) in [6, 6.07) is -0.932. The third kappa shape index (κ3) is 7.49. The number of carboxylic acids is 1. The van der Waals surface area contributed by atoms with Crippen LogP contribution in [0.1, 0.15) is 66.2 Å². The molecule has 1 heterocycles. The first kappa shape index (κ1) is 20.7. The maximum absolute atomic E-state index is 11.7. The van der Waals surface area contributed by atoms with Crippen LogP contribution in [0.2, 0.25) is 0 Å². The zero-order valence-electron chi connectivity index (χ0n) is 15.2. The lowest BCUT2D eigenvalue weighted by Gasteiger charge is -2.25. The molecule has 2 N–H and O–H groups in total. The summed E-state index contributed by atoms with van der Waals surface area (Å²) < 4.78 is 16.4. The zero-order valence-corrected chi connectivity index (χ0v) is 15.2. The van der Waals surface area contributed by atoms with E-state index in [1.54, 1.807) is 20.8 Å². The number of carboxylic acid groups (broad SMARTS) is 1. The van der Waals surface area contributed by atoms with Gasteiger partial charge in [-0.1, -0.05) is 19.8 Å². The Morgan fingerprint density at radius 1 is 1.21 bits per heavy atom. The van der Waals surface area contributed by atoms with E-state index in [1.807, 2.05) is 6.92 Å². The van der Waals surface area contributed by atoms with Crippen LogP contribution in [0, 0.1) is 0 Å². The number of rotatable bonds is 9. The number of carbonyl (C=O) groups is 2. The highest BCUT2D eigenvalue weighted by Crippen LogP contribution is 2.29. The van der Waals surface area contributed by atoms with Crippen molar-refractivity contribution in [2.75, 3.05) is 13.2 Å². The van der Waals surface area contributed by atoms with Crippen molar-refractivity contribution in [3.05, 3.63) is 0 Å². The van der Waals surface area contributed by atoms with Gasteiger partial charge in [0.1, 0.15) is 11.6 Å². The van der Waals surface area contributed by atoms with Gasteiger partial charge < -0.3 is 24.6 Å². The van der Waals surface area contributed by atoms with Crippen LogP contribution in [-0.2, 0) is 19.0 Å². The standard InChI is InChI=1S/C17H31NO6/c1-5-17(22-11-12-23-17)10-8-6-7-9-13(14(19)20)18-15(21)24-16(2,3)4/h13H,5-12H2,1-4H3,(H,18,21)(H,19,20)/t13-/m0/s1. The molecule has 0 aromatic carbocycles. The molecule has 0 aliphatic carbocycles. The largest absolute Gasteiger partial charge is 0.480 e. The number of unbranched alkanes of at least 4 members (excludes halogenated alkanes) is 2. The molecule has 0 bridgehead atoms. The van der Waals surface area contributed by atoms with Gasteiger partial charge in [0, 0.05) is 6.42 Å². The first-order valence-electron chi connectivity index (χ1n) is 8.68. The molecule has 0 saturated carbocycles. The fourth-order valence-corrected chi connectivity index (χ4v) is 2.65. The van der Waals surface area contributed by atoms with Crippen LogP contribution in [0.4, 0.5) is 4.79 Å². The second kappa shape index (κ2) is 9.22. The SMILES string of the molecule is CCC1(CCCCC[C@H](NC(=O)OC(C)(C)C)C(=O)O)OCCO1. The summed E-state index contributed by atoms with van der Waals surface area (Å²) in [6.45, 7) is 8.51. The molecule has 0 aromatic rings. The highest BCUT2D eigenvalue weighted by molar-refractivity contribution is 5.79. The Morgan fingerprint density at radius 2 is 1.83 bits per heavy atom. The van der Waals surface area contributed by atoms with Crippen molar-refractivity contribution < 1.29 is 28.9 Å². The van der Waals surface area contributed by atoms with Gasteiger partial charge in [-0.3, -0.25) is 0 Å². The molecule has 1 atom stereocenters. The molecular weight excluding hydrogens is 314 g/mol. The van der Waals surface area contributed by atoms with E-state index in [0.717, 1.165) is 25.7 Å². The number of ether oxygens (including phenoxy) is 3. The number of carbonyl (C=O) groups excluding carboxylic acids is 1. The minimum Gasteiger partial charge on any atom is -0.480 e. The third-order valence-electron chi connectivity index (χ3n) is 3.89. The Hall–Kier alpha value is -1.34. The number of aliphatic carboxylic acids is 1. The fourth-order valence-electron chi connectivity index (χ4n) is 2.65. The number of alkyl carbamates (subject to hydrolysis) is 1. The van der Waals surface area contributed by atoms with Crippen LogP contribution in [0.15, 0.2) is 0 Å². The van der Waals surface area contributed by atoms with E-state index >= 15 is 0 Å². The molecule has 1 aliphatic heterocycles. The van der Waals surface area contributed by atoms with Gasteiger partial charge >= 0.3 is 12.1 Å². The van der Waals surface area contributed by atoms with Crippen LogP contribution in [0.3, 0.4) is 0 Å². The van der Waals surface area contributed by atoms with Crippen LogP contribution in [0.25, 0.3) is 0 Å². The van der Waals surface area contributed by atoms with Crippen molar-refractivity contribution in [3.8, 4) is 0 Å². The van der Waals surface area contributed by atoms with Crippen LogP contribution in [0.5, 0.6) is 0 Å². The molecule has 140 valence electrons. The van der Waals surface area contributed by atoms with Crippen molar-refractivity contribution in [2.24, 2.45) is 0 Å². The van der Waals surface area contributed by atoms with Gasteiger partial charge in [0.25, 0.3) is 0 Å². The summed E-state index contributed by atoms with van der Waals surface area (Å²) in [4.78, 5) is 22.9. The van der Waals surface area contributed by atoms with Crippen molar-refractivity contribution in [3.63, 3.8) is 0 Å². The number of hydrogen-bond acceptors (Lipinski definition) is 5. The van der Waals surface area contributed by atoms with Crippen molar-refractivity contribution in [1.29, 1.82) is 0 Å². The third-order valence-corrected chi connectivity index (χ3v) is 3.89. The average molecular weight is 345 g/mol. The van der Waals surface area contributed by atoms with Gasteiger partial charge in [-0.25, -0.2) is 9.59 Å². The quantitative estimate of drug-likeness (QED) is 0.624. The van der Waals surface area contributed by atoms with E-state index < -0.39 is 29.5 Å². The Bertz CT molecular complexity index is 412. The Morgan fingerprint density at radius 3 is 2.33 bits per heavy atom. The van der Waals surface area contributed by atoms with Gasteiger partial charge in [0.15, 0.2) is 5.79 Å². The number of hydrogen-bond donors (Lipinski definition) is 2. The minimum absolute atomic E-state index is 0.370. The van der Waals surface area contributed by atoms with Gasteiger partial charge in [-0.15, -0.1) is 0 Å². The van der Waals surface area contributed by atoms with Crippen LogP contribution >= 0.6 is 0 Å². The summed E-state index contributed by atoms with van der Waals surface area (Å²) in [5, 5.41) is 11.6. The van der Waals surface area contributed by atoms with E-state index in [-0.39, 0.29) is 0 Å². The lowest BCUT2D eigenvalue weighted by Crippen LogP contribution is -2.43. The lowest BCUT2D eigenvalue weighted by molar-refractivity contribution is -0.164. The lowest BCUT2D eigenvalue weighted by atomic mass is 10.0. The smallest absolute Gasteiger partial charge is 0.408 e. The highest BCUT2D eigenvalue weighted by atomic mass is 16.7. The van der Waals surface area contributed by atoms with Crippen molar-refractivity contribution in [1.82, 2.24) is 5.32 Å². The second-order valence-corrected chi connectivity index (χ2v) is 7.10. The number of amides is 1.